The third kappa shape index (κ3) is 3.84. The Morgan fingerprint density at radius 1 is 1.41 bits per heavy atom. The minimum atomic E-state index is -0.834. The zero-order valence-corrected chi connectivity index (χ0v) is 12.9. The second-order valence-corrected chi connectivity index (χ2v) is 6.54. The van der Waals surface area contributed by atoms with Gasteiger partial charge in [-0.15, -0.1) is 0 Å². The first-order valence-electron chi connectivity index (χ1n) is 8.21. The van der Waals surface area contributed by atoms with E-state index in [2.05, 4.69) is 10.3 Å². The van der Waals surface area contributed by atoms with Gasteiger partial charge < -0.3 is 15.2 Å². The van der Waals surface area contributed by atoms with E-state index in [-0.39, 0.29) is 12.3 Å². The third-order valence-electron chi connectivity index (χ3n) is 4.73. The molecule has 1 aromatic heterocycles. The number of carbonyl (C=O) groups is 1. The summed E-state index contributed by atoms with van der Waals surface area (Å²) in [5.41, 5.74) is 0.318. The number of pyridine rings is 1. The van der Waals surface area contributed by atoms with E-state index in [9.17, 15) is 9.90 Å². The molecular weight excluding hydrogens is 280 g/mol. The molecule has 0 aromatic carbocycles. The van der Waals surface area contributed by atoms with E-state index in [1.807, 2.05) is 12.1 Å². The number of hydrogen-bond acceptors (Lipinski definition) is 4. The molecule has 1 atom stereocenters. The van der Waals surface area contributed by atoms with Gasteiger partial charge in [-0.3, -0.25) is 4.79 Å². The predicted molar refractivity (Wildman–Crippen MR) is 83.7 cm³/mol. The number of hydrogen-bond donors (Lipinski definition) is 2. The van der Waals surface area contributed by atoms with Crippen molar-refractivity contribution in [1.82, 2.24) is 4.98 Å². The second kappa shape index (κ2) is 6.75. The molecule has 1 amide bonds. The fraction of sp³-hybridized carbons (Fsp3) is 0.647. The second-order valence-electron chi connectivity index (χ2n) is 6.54. The van der Waals surface area contributed by atoms with E-state index in [4.69, 9.17) is 4.74 Å². The van der Waals surface area contributed by atoms with E-state index in [1.165, 1.54) is 0 Å². The number of amides is 1. The van der Waals surface area contributed by atoms with Crippen LogP contribution in [0.15, 0.2) is 18.3 Å². The van der Waals surface area contributed by atoms with Crippen LogP contribution in [0.1, 0.15) is 56.4 Å². The van der Waals surface area contributed by atoms with Crippen LogP contribution in [-0.4, -0.2) is 34.8 Å². The van der Waals surface area contributed by atoms with E-state index < -0.39 is 5.60 Å². The van der Waals surface area contributed by atoms with Crippen molar-refractivity contribution in [2.75, 3.05) is 18.5 Å². The maximum Gasteiger partial charge on any atom is 0.228 e. The average molecular weight is 304 g/mol. The normalized spacial score (nSPS) is 24.1. The van der Waals surface area contributed by atoms with Crippen molar-refractivity contribution in [3.63, 3.8) is 0 Å². The van der Waals surface area contributed by atoms with E-state index >= 15 is 0 Å². The van der Waals surface area contributed by atoms with E-state index in [0.29, 0.717) is 24.6 Å². The van der Waals surface area contributed by atoms with Crippen molar-refractivity contribution in [3.8, 4) is 0 Å². The summed E-state index contributed by atoms with van der Waals surface area (Å²) in [7, 11) is 0. The minimum Gasteiger partial charge on any atom is -0.389 e. The van der Waals surface area contributed by atoms with Crippen molar-refractivity contribution >= 4 is 11.7 Å². The lowest BCUT2D eigenvalue weighted by Gasteiger charge is -2.31. The Hall–Kier alpha value is -1.46. The first-order chi connectivity index (χ1) is 10.6. The van der Waals surface area contributed by atoms with Crippen LogP contribution in [0.5, 0.6) is 0 Å². The van der Waals surface area contributed by atoms with E-state index in [0.717, 1.165) is 44.5 Å². The first kappa shape index (κ1) is 15.4. The van der Waals surface area contributed by atoms with Crippen LogP contribution in [0.2, 0.25) is 0 Å². The van der Waals surface area contributed by atoms with Gasteiger partial charge in [-0.25, -0.2) is 4.98 Å². The SMILES string of the molecule is O=C(CC1(O)CCCCC1)Nc1cc(C2CCOC2)ccn1. The molecule has 5 heteroatoms. The molecule has 0 bridgehead atoms. The van der Waals surface area contributed by atoms with Crippen molar-refractivity contribution in [2.24, 2.45) is 0 Å². The summed E-state index contributed by atoms with van der Waals surface area (Å²) in [5, 5.41) is 13.3. The fourth-order valence-corrected chi connectivity index (χ4v) is 3.44. The zero-order chi connectivity index (χ0) is 15.4. The standard InChI is InChI=1S/C17H24N2O3/c20-16(11-17(21)6-2-1-3-7-17)19-15-10-13(4-8-18-15)14-5-9-22-12-14/h4,8,10,14,21H,1-3,5-7,9,11-12H2,(H,18,19,20). The summed E-state index contributed by atoms with van der Waals surface area (Å²) < 4.78 is 5.41. The average Bonchev–Trinajstić information content (AvgIpc) is 3.01. The Balaban J connectivity index is 1.60. The first-order valence-corrected chi connectivity index (χ1v) is 8.21. The molecule has 0 radical (unpaired) electrons. The molecule has 2 fully saturated rings. The van der Waals surface area contributed by atoms with Crippen LogP contribution in [0.3, 0.4) is 0 Å². The highest BCUT2D eigenvalue weighted by molar-refractivity contribution is 5.90. The molecule has 120 valence electrons. The maximum absolute atomic E-state index is 12.2. The summed E-state index contributed by atoms with van der Waals surface area (Å²) in [6.45, 7) is 1.53. The molecule has 2 heterocycles. The molecule has 2 N–H and O–H groups in total. The number of nitrogens with one attached hydrogen (secondary N) is 1. The van der Waals surface area contributed by atoms with Gasteiger partial charge in [-0.1, -0.05) is 19.3 Å². The largest absolute Gasteiger partial charge is 0.389 e. The molecule has 22 heavy (non-hydrogen) atoms. The predicted octanol–water partition coefficient (Wildman–Crippen LogP) is 2.61. The third-order valence-corrected chi connectivity index (χ3v) is 4.73. The number of aromatic nitrogens is 1. The van der Waals surface area contributed by atoms with Gasteiger partial charge in [0.2, 0.25) is 5.91 Å². The Bertz CT molecular complexity index is 520. The highest BCUT2D eigenvalue weighted by Gasteiger charge is 2.31. The maximum atomic E-state index is 12.2. The highest BCUT2D eigenvalue weighted by Crippen LogP contribution is 2.31. The molecule has 0 spiro atoms. The quantitative estimate of drug-likeness (QED) is 0.897. The van der Waals surface area contributed by atoms with Crippen LogP contribution in [0.25, 0.3) is 0 Å². The molecule has 1 saturated heterocycles. The molecule has 5 nitrogen and oxygen atoms in total. The summed E-state index contributed by atoms with van der Waals surface area (Å²) in [4.78, 5) is 16.4. The topological polar surface area (TPSA) is 71.5 Å². The van der Waals surface area contributed by atoms with Gasteiger partial charge in [0.1, 0.15) is 5.82 Å². The number of nitrogens with zero attached hydrogens (tertiary/aromatic N) is 1. The molecule has 1 unspecified atom stereocenters. The summed E-state index contributed by atoms with van der Waals surface area (Å²) in [6.07, 6.45) is 7.47. The number of carbonyl (C=O) groups excluding carboxylic acids is 1. The van der Waals surface area contributed by atoms with Crippen molar-refractivity contribution < 1.29 is 14.6 Å². The van der Waals surface area contributed by atoms with Gasteiger partial charge in [-0.05, 0) is 37.0 Å². The van der Waals surface area contributed by atoms with Crippen LogP contribution < -0.4 is 5.32 Å². The molecule has 1 aromatic rings. The van der Waals surface area contributed by atoms with Gasteiger partial charge in [0.25, 0.3) is 0 Å². The fourth-order valence-electron chi connectivity index (χ4n) is 3.44. The molecule has 1 aliphatic carbocycles. The van der Waals surface area contributed by atoms with E-state index in [1.54, 1.807) is 6.20 Å². The van der Waals surface area contributed by atoms with Crippen LogP contribution >= 0.6 is 0 Å². The van der Waals surface area contributed by atoms with Crippen molar-refractivity contribution in [1.29, 1.82) is 0 Å². The molecular formula is C17H24N2O3. The zero-order valence-electron chi connectivity index (χ0n) is 12.9. The van der Waals surface area contributed by atoms with Gasteiger partial charge in [0.15, 0.2) is 0 Å². The van der Waals surface area contributed by atoms with Crippen molar-refractivity contribution in [2.45, 2.75) is 56.5 Å². The summed E-state index contributed by atoms with van der Waals surface area (Å²) >= 11 is 0. The smallest absolute Gasteiger partial charge is 0.228 e. The lowest BCUT2D eigenvalue weighted by atomic mass is 9.82. The summed E-state index contributed by atoms with van der Waals surface area (Å²) in [6, 6.07) is 3.89. The molecule has 1 saturated carbocycles. The number of anilines is 1. The van der Waals surface area contributed by atoms with Gasteiger partial charge in [0, 0.05) is 18.7 Å². The lowest BCUT2D eigenvalue weighted by Crippen LogP contribution is -2.36. The minimum absolute atomic E-state index is 0.156. The Kier molecular flexibility index (Phi) is 4.74. The van der Waals surface area contributed by atoms with Gasteiger partial charge in [0.05, 0.1) is 18.6 Å². The lowest BCUT2D eigenvalue weighted by molar-refractivity contribution is -0.122. The highest BCUT2D eigenvalue weighted by atomic mass is 16.5. The van der Waals surface area contributed by atoms with Crippen LogP contribution in [0, 0.1) is 0 Å². The molecule has 2 aliphatic rings. The van der Waals surface area contributed by atoms with Crippen LogP contribution in [0.4, 0.5) is 5.82 Å². The number of aliphatic hydroxyl groups is 1. The van der Waals surface area contributed by atoms with Crippen molar-refractivity contribution in [3.05, 3.63) is 23.9 Å². The Morgan fingerprint density at radius 3 is 2.95 bits per heavy atom. The summed E-state index contributed by atoms with van der Waals surface area (Å²) in [5.74, 6) is 0.798. The number of ether oxygens (including phenoxy) is 1. The van der Waals surface area contributed by atoms with Gasteiger partial charge in [-0.2, -0.15) is 0 Å². The molecule has 3 rings (SSSR count). The number of rotatable bonds is 4. The molecule has 1 aliphatic heterocycles. The Labute approximate surface area is 131 Å². The monoisotopic (exact) mass is 304 g/mol. The Morgan fingerprint density at radius 2 is 2.23 bits per heavy atom. The van der Waals surface area contributed by atoms with Crippen LogP contribution in [-0.2, 0) is 9.53 Å². The van der Waals surface area contributed by atoms with Gasteiger partial charge >= 0.3 is 0 Å².